The molecule has 2 rings (SSSR count). The summed E-state index contributed by atoms with van der Waals surface area (Å²) in [6, 6.07) is 2.18. The zero-order chi connectivity index (χ0) is 14.8. The molecule has 0 unspecified atom stereocenters. The van der Waals surface area contributed by atoms with Gasteiger partial charge in [0.15, 0.2) is 11.6 Å². The zero-order valence-electron chi connectivity index (χ0n) is 11.1. The molecule has 1 aliphatic carbocycles. The minimum absolute atomic E-state index is 0.157. The Morgan fingerprint density at radius 1 is 1.45 bits per heavy atom. The highest BCUT2D eigenvalue weighted by Gasteiger charge is 2.35. The molecule has 0 atom stereocenters. The number of ether oxygens (including phenoxy) is 1. The third-order valence-electron chi connectivity index (χ3n) is 3.62. The lowest BCUT2D eigenvalue weighted by atomic mass is 9.84. The van der Waals surface area contributed by atoms with Crippen molar-refractivity contribution in [2.24, 2.45) is 0 Å². The van der Waals surface area contributed by atoms with E-state index in [-0.39, 0.29) is 10.4 Å². The molecule has 1 aromatic rings. The maximum Gasteiger partial charge on any atom is 0.387 e. The van der Waals surface area contributed by atoms with Crippen molar-refractivity contribution < 1.29 is 17.9 Å². The highest BCUT2D eigenvalue weighted by Crippen LogP contribution is 2.43. The highest BCUT2D eigenvalue weighted by molar-refractivity contribution is 8.00. The largest absolute Gasteiger partial charge is 0.432 e. The van der Waals surface area contributed by atoms with Crippen LogP contribution >= 0.6 is 11.8 Å². The smallest absolute Gasteiger partial charge is 0.387 e. The lowest BCUT2D eigenvalue weighted by Gasteiger charge is -2.40. The van der Waals surface area contributed by atoms with Crippen LogP contribution in [0.1, 0.15) is 19.3 Å². The lowest BCUT2D eigenvalue weighted by Crippen LogP contribution is -2.40. The molecule has 0 bridgehead atoms. The van der Waals surface area contributed by atoms with E-state index in [1.165, 1.54) is 12.5 Å². The molecule has 1 saturated carbocycles. The lowest BCUT2D eigenvalue weighted by molar-refractivity contribution is -0.0521. The van der Waals surface area contributed by atoms with Gasteiger partial charge in [-0.1, -0.05) is 6.42 Å². The second-order valence-electron chi connectivity index (χ2n) is 4.84. The van der Waals surface area contributed by atoms with Gasteiger partial charge >= 0.3 is 6.61 Å². The summed E-state index contributed by atoms with van der Waals surface area (Å²) in [5.74, 6) is -1.39. The van der Waals surface area contributed by atoms with Crippen LogP contribution in [0, 0.1) is 5.82 Å². The van der Waals surface area contributed by atoms with E-state index in [1.807, 2.05) is 6.26 Å². The molecule has 1 aliphatic rings. The summed E-state index contributed by atoms with van der Waals surface area (Å²) in [7, 11) is 0. The Morgan fingerprint density at radius 2 is 2.15 bits per heavy atom. The molecule has 0 aliphatic heterocycles. The first-order chi connectivity index (χ1) is 9.46. The van der Waals surface area contributed by atoms with Gasteiger partial charge in [-0.05, 0) is 19.1 Å². The first-order valence-electron chi connectivity index (χ1n) is 6.29. The van der Waals surface area contributed by atoms with Crippen LogP contribution in [0.5, 0.6) is 5.75 Å². The first-order valence-corrected chi connectivity index (χ1v) is 7.51. The van der Waals surface area contributed by atoms with E-state index in [4.69, 9.17) is 5.73 Å². The van der Waals surface area contributed by atoms with Gasteiger partial charge in [0.1, 0.15) is 0 Å². The van der Waals surface area contributed by atoms with Crippen molar-refractivity contribution in [3.8, 4) is 5.75 Å². The summed E-state index contributed by atoms with van der Waals surface area (Å²) in [5.41, 5.74) is 6.30. The highest BCUT2D eigenvalue weighted by atomic mass is 32.2. The van der Waals surface area contributed by atoms with E-state index in [9.17, 15) is 13.2 Å². The van der Waals surface area contributed by atoms with E-state index >= 15 is 0 Å². The molecular weight excluding hydrogens is 289 g/mol. The molecule has 0 radical (unpaired) electrons. The molecular formula is C13H17F3N2OS. The maximum absolute atomic E-state index is 13.4. The number of rotatable bonds is 6. The Hall–Kier alpha value is -1.24. The third kappa shape index (κ3) is 3.26. The number of nitrogens with one attached hydrogen (secondary N) is 1. The van der Waals surface area contributed by atoms with Gasteiger partial charge in [-0.2, -0.15) is 20.5 Å². The molecule has 7 heteroatoms. The van der Waals surface area contributed by atoms with Crippen LogP contribution in [0.2, 0.25) is 0 Å². The second-order valence-corrected chi connectivity index (χ2v) is 6.12. The third-order valence-corrected chi connectivity index (χ3v) is 5.04. The molecule has 0 amide bonds. The molecule has 1 aromatic carbocycles. The molecule has 3 N–H and O–H groups in total. The van der Waals surface area contributed by atoms with Gasteiger partial charge < -0.3 is 15.8 Å². The minimum Gasteiger partial charge on any atom is -0.432 e. The summed E-state index contributed by atoms with van der Waals surface area (Å²) in [4.78, 5) is 0. The van der Waals surface area contributed by atoms with Crippen LogP contribution in [0.15, 0.2) is 12.1 Å². The molecule has 1 fully saturated rings. The predicted molar refractivity (Wildman–Crippen MR) is 76.0 cm³/mol. The van der Waals surface area contributed by atoms with Crippen molar-refractivity contribution in [3.05, 3.63) is 17.9 Å². The number of benzene rings is 1. The summed E-state index contributed by atoms with van der Waals surface area (Å²) in [6.07, 6.45) is 5.42. The molecule has 0 spiro atoms. The fraction of sp³-hybridized carbons (Fsp3) is 0.538. The molecule has 3 nitrogen and oxygen atoms in total. The van der Waals surface area contributed by atoms with Gasteiger partial charge in [-0.25, -0.2) is 4.39 Å². The van der Waals surface area contributed by atoms with Crippen LogP contribution in [-0.2, 0) is 0 Å². The number of hydrogen-bond donors (Lipinski definition) is 2. The second kappa shape index (κ2) is 6.03. The predicted octanol–water partition coefficient (Wildman–Crippen LogP) is 3.71. The van der Waals surface area contributed by atoms with E-state index in [1.54, 1.807) is 11.8 Å². The summed E-state index contributed by atoms with van der Waals surface area (Å²) in [6.45, 7) is -2.40. The van der Waals surface area contributed by atoms with Crippen molar-refractivity contribution in [3.63, 3.8) is 0 Å². The molecule has 0 heterocycles. The summed E-state index contributed by atoms with van der Waals surface area (Å²) >= 11 is 1.77. The van der Waals surface area contributed by atoms with Crippen LogP contribution in [0.3, 0.4) is 0 Å². The van der Waals surface area contributed by atoms with Crippen LogP contribution < -0.4 is 15.8 Å². The Labute approximate surface area is 120 Å². The number of alkyl halides is 2. The van der Waals surface area contributed by atoms with Crippen molar-refractivity contribution in [1.29, 1.82) is 0 Å². The van der Waals surface area contributed by atoms with Crippen molar-refractivity contribution in [1.82, 2.24) is 0 Å². The molecule has 20 heavy (non-hydrogen) atoms. The van der Waals surface area contributed by atoms with Gasteiger partial charge in [0.2, 0.25) is 0 Å². The Balaban J connectivity index is 2.10. The molecule has 0 saturated heterocycles. The number of nitrogen functional groups attached to an aromatic ring is 1. The Bertz CT molecular complexity index is 475. The molecule has 0 aromatic heterocycles. The van der Waals surface area contributed by atoms with Gasteiger partial charge in [0, 0.05) is 23.4 Å². The van der Waals surface area contributed by atoms with Crippen LogP contribution in [-0.4, -0.2) is 24.2 Å². The van der Waals surface area contributed by atoms with Gasteiger partial charge in [0.25, 0.3) is 0 Å². The monoisotopic (exact) mass is 306 g/mol. The fourth-order valence-corrected chi connectivity index (χ4v) is 3.10. The quantitative estimate of drug-likeness (QED) is 0.787. The normalized spacial score (nSPS) is 16.9. The minimum atomic E-state index is -3.06. The number of nitrogens with two attached hydrogens (primary N) is 1. The average Bonchev–Trinajstić information content (AvgIpc) is 2.33. The number of anilines is 2. The summed E-state index contributed by atoms with van der Waals surface area (Å²) in [5, 5.41) is 3.11. The fourth-order valence-electron chi connectivity index (χ4n) is 2.19. The first kappa shape index (κ1) is 15.2. The number of thioether (sulfide) groups is 1. The number of halogens is 3. The number of hydrogen-bond acceptors (Lipinski definition) is 4. The molecule has 112 valence electrons. The standard InChI is InChI=1S/C13H17F3N2OS/c1-20-13(3-2-4-13)7-18-10-6-11(19-12(15)16)8(14)5-9(10)17/h5-6,12,18H,2-4,7,17H2,1H3. The van der Waals surface area contributed by atoms with Gasteiger partial charge in [-0.15, -0.1) is 0 Å². The van der Waals surface area contributed by atoms with Crippen molar-refractivity contribution >= 4 is 23.1 Å². The van der Waals surface area contributed by atoms with Gasteiger partial charge in [-0.3, -0.25) is 0 Å². The summed E-state index contributed by atoms with van der Waals surface area (Å²) < 4.78 is 42.1. The van der Waals surface area contributed by atoms with Crippen molar-refractivity contribution in [2.75, 3.05) is 23.9 Å². The Kier molecular flexibility index (Phi) is 4.57. The van der Waals surface area contributed by atoms with E-state index < -0.39 is 18.2 Å². The average molecular weight is 306 g/mol. The SMILES string of the molecule is CSC1(CNc2cc(OC(F)F)c(F)cc2N)CCC1. The maximum atomic E-state index is 13.4. The van der Waals surface area contributed by atoms with E-state index in [2.05, 4.69) is 10.1 Å². The van der Waals surface area contributed by atoms with E-state index in [0.717, 1.165) is 18.9 Å². The Morgan fingerprint density at radius 3 is 2.65 bits per heavy atom. The zero-order valence-corrected chi connectivity index (χ0v) is 11.9. The van der Waals surface area contributed by atoms with Crippen LogP contribution in [0.25, 0.3) is 0 Å². The van der Waals surface area contributed by atoms with E-state index in [0.29, 0.717) is 12.2 Å². The van der Waals surface area contributed by atoms with Crippen LogP contribution in [0.4, 0.5) is 24.5 Å². The topological polar surface area (TPSA) is 47.3 Å². The van der Waals surface area contributed by atoms with Gasteiger partial charge in [0.05, 0.1) is 11.4 Å². The van der Waals surface area contributed by atoms with Crippen molar-refractivity contribution in [2.45, 2.75) is 30.6 Å².